The smallest absolute Gasteiger partial charge is 0.375 e. The second-order valence-corrected chi connectivity index (χ2v) is 10.0. The molecule has 1 amide bonds. The Balaban J connectivity index is 1.63. The molecule has 0 aliphatic heterocycles. The first-order valence-electron chi connectivity index (χ1n) is 11.1. The van der Waals surface area contributed by atoms with Gasteiger partial charge >= 0.3 is 6.18 Å². The van der Waals surface area contributed by atoms with Gasteiger partial charge in [-0.2, -0.15) is 13.2 Å². The second-order valence-electron chi connectivity index (χ2n) is 8.60. The quantitative estimate of drug-likeness (QED) is 0.272. The number of nitrogens with one attached hydrogen (secondary N) is 2. The van der Waals surface area contributed by atoms with Crippen LogP contribution in [0.2, 0.25) is 5.02 Å². The summed E-state index contributed by atoms with van der Waals surface area (Å²) in [6, 6.07) is 7.18. The van der Waals surface area contributed by atoms with Crippen LogP contribution >= 0.6 is 22.9 Å². The van der Waals surface area contributed by atoms with Gasteiger partial charge < -0.3 is 16.4 Å². The molecule has 0 bridgehead atoms. The van der Waals surface area contributed by atoms with Crippen LogP contribution in [0.25, 0.3) is 16.3 Å². The van der Waals surface area contributed by atoms with Gasteiger partial charge in [0.1, 0.15) is 5.69 Å². The normalized spacial score (nSPS) is 11.8. The molecule has 0 radical (unpaired) electrons. The summed E-state index contributed by atoms with van der Waals surface area (Å²) in [5.41, 5.74) is 7.06. The van der Waals surface area contributed by atoms with Crippen LogP contribution < -0.4 is 16.4 Å². The molecule has 0 spiro atoms. The largest absolute Gasteiger partial charge is 0.417 e. The molecule has 0 atom stereocenters. The van der Waals surface area contributed by atoms with Gasteiger partial charge in [-0.25, -0.2) is 9.67 Å². The van der Waals surface area contributed by atoms with E-state index in [4.69, 9.17) is 17.3 Å². The third-order valence-electron chi connectivity index (χ3n) is 5.40. The van der Waals surface area contributed by atoms with E-state index < -0.39 is 22.7 Å². The van der Waals surface area contributed by atoms with E-state index in [0.29, 0.717) is 16.5 Å². The highest BCUT2D eigenvalue weighted by molar-refractivity contribution is 7.18. The average molecular weight is 550 g/mol. The number of nitrogens with zero attached hydrogens (tertiary/aromatic N) is 4. The molecule has 4 N–H and O–H groups in total. The molecule has 0 fully saturated rings. The van der Waals surface area contributed by atoms with Crippen LogP contribution in [0.1, 0.15) is 40.9 Å². The molecule has 2 heterocycles. The molecule has 194 valence electrons. The first-order chi connectivity index (χ1) is 17.4. The Morgan fingerprint density at radius 3 is 2.65 bits per heavy atom. The molecule has 4 aromatic rings. The number of hydrogen-bond acceptors (Lipinski definition) is 7. The third kappa shape index (κ3) is 6.09. The van der Waals surface area contributed by atoms with E-state index >= 15 is 0 Å². The second kappa shape index (κ2) is 10.5. The highest BCUT2D eigenvalue weighted by Gasteiger charge is 2.35. The highest BCUT2D eigenvalue weighted by atomic mass is 35.5. The van der Waals surface area contributed by atoms with Crippen LogP contribution in [0.5, 0.6) is 0 Å². The van der Waals surface area contributed by atoms with E-state index in [9.17, 15) is 18.0 Å². The number of thiazole rings is 1. The summed E-state index contributed by atoms with van der Waals surface area (Å²) in [7, 11) is 0. The van der Waals surface area contributed by atoms with Gasteiger partial charge in [0.2, 0.25) is 0 Å². The standard InChI is InChI=1S/C24H23ClF3N7OS/c1-12(2)30-9-15-6-16(8-17(21(15)25)24(26,27)28)32-22(36)14-5-4-13(3)19(7-14)35-11-18(33-34-35)20-10-31-23(29)37-20/h4-8,10-12,30H,9H2,1-3H3,(H2,29,31)(H,32,36). The molecular formula is C24H23ClF3N7OS. The Kier molecular flexibility index (Phi) is 7.53. The molecule has 37 heavy (non-hydrogen) atoms. The predicted molar refractivity (Wildman–Crippen MR) is 138 cm³/mol. The third-order valence-corrected chi connectivity index (χ3v) is 6.69. The first kappa shape index (κ1) is 26.6. The minimum atomic E-state index is -4.69. The van der Waals surface area contributed by atoms with Crippen LogP contribution in [0.3, 0.4) is 0 Å². The molecular weight excluding hydrogens is 527 g/mol. The minimum Gasteiger partial charge on any atom is -0.375 e. The summed E-state index contributed by atoms with van der Waals surface area (Å²) >= 11 is 7.32. The number of benzene rings is 2. The number of rotatable bonds is 7. The van der Waals surface area contributed by atoms with Crippen molar-refractivity contribution in [2.24, 2.45) is 0 Å². The number of halogens is 4. The zero-order valence-corrected chi connectivity index (χ0v) is 21.6. The summed E-state index contributed by atoms with van der Waals surface area (Å²) in [5, 5.41) is 13.9. The van der Waals surface area contributed by atoms with Gasteiger partial charge in [-0.05, 0) is 42.3 Å². The van der Waals surface area contributed by atoms with E-state index in [0.717, 1.165) is 16.5 Å². The molecule has 2 aromatic carbocycles. The Bertz CT molecular complexity index is 1450. The number of aryl methyl sites for hydroxylation is 1. The topological polar surface area (TPSA) is 111 Å². The van der Waals surface area contributed by atoms with Crippen molar-refractivity contribution in [3.8, 4) is 16.3 Å². The minimum absolute atomic E-state index is 0.0183. The van der Waals surface area contributed by atoms with Crippen LogP contribution in [0.4, 0.5) is 24.0 Å². The highest BCUT2D eigenvalue weighted by Crippen LogP contribution is 2.38. The maximum Gasteiger partial charge on any atom is 0.417 e. The molecule has 0 saturated carbocycles. The van der Waals surface area contributed by atoms with Crippen molar-refractivity contribution in [1.29, 1.82) is 0 Å². The van der Waals surface area contributed by atoms with Gasteiger partial charge in [0.15, 0.2) is 5.13 Å². The van der Waals surface area contributed by atoms with Gasteiger partial charge in [-0.3, -0.25) is 4.79 Å². The average Bonchev–Trinajstić information content (AvgIpc) is 3.47. The molecule has 13 heteroatoms. The van der Waals surface area contributed by atoms with Crippen molar-refractivity contribution < 1.29 is 18.0 Å². The molecule has 4 rings (SSSR count). The molecule has 0 unspecified atom stereocenters. The number of alkyl halides is 3. The van der Waals surface area contributed by atoms with Crippen LogP contribution in [-0.2, 0) is 12.7 Å². The Morgan fingerprint density at radius 1 is 1.24 bits per heavy atom. The Labute approximate surface area is 219 Å². The van der Waals surface area contributed by atoms with Crippen LogP contribution in [-0.4, -0.2) is 31.9 Å². The lowest BCUT2D eigenvalue weighted by molar-refractivity contribution is -0.137. The number of aromatic nitrogens is 4. The van der Waals surface area contributed by atoms with Gasteiger partial charge in [-0.1, -0.05) is 48.1 Å². The van der Waals surface area contributed by atoms with Crippen molar-refractivity contribution in [2.45, 2.75) is 39.5 Å². The van der Waals surface area contributed by atoms with Crippen molar-refractivity contribution in [3.05, 3.63) is 70.0 Å². The zero-order chi connectivity index (χ0) is 26.9. The predicted octanol–water partition coefficient (Wildman–Crippen LogP) is 5.70. The zero-order valence-electron chi connectivity index (χ0n) is 20.0. The summed E-state index contributed by atoms with van der Waals surface area (Å²) in [4.78, 5) is 17.8. The van der Waals surface area contributed by atoms with E-state index in [-0.39, 0.29) is 29.4 Å². The maximum atomic E-state index is 13.6. The van der Waals surface area contributed by atoms with Gasteiger partial charge in [-0.15, -0.1) is 5.10 Å². The molecule has 0 aliphatic rings. The molecule has 2 aromatic heterocycles. The fourth-order valence-corrected chi connectivity index (χ4v) is 4.42. The number of anilines is 2. The van der Waals surface area contributed by atoms with Gasteiger partial charge in [0.25, 0.3) is 5.91 Å². The molecule has 0 aliphatic carbocycles. The number of carbonyl (C=O) groups excluding carboxylic acids is 1. The number of carbonyl (C=O) groups is 1. The van der Waals surface area contributed by atoms with Crippen molar-refractivity contribution in [1.82, 2.24) is 25.3 Å². The lowest BCUT2D eigenvalue weighted by Gasteiger charge is -2.17. The van der Waals surface area contributed by atoms with Gasteiger partial charge in [0, 0.05) is 30.0 Å². The summed E-state index contributed by atoms with van der Waals surface area (Å²) < 4.78 is 42.4. The van der Waals surface area contributed by atoms with E-state index in [1.54, 1.807) is 30.6 Å². The first-order valence-corrected chi connectivity index (χ1v) is 12.3. The fraction of sp³-hybridized carbons (Fsp3) is 0.250. The number of hydrogen-bond donors (Lipinski definition) is 3. The van der Waals surface area contributed by atoms with Gasteiger partial charge in [0.05, 0.1) is 27.3 Å². The van der Waals surface area contributed by atoms with E-state index in [1.807, 2.05) is 20.8 Å². The number of nitrogen functional groups attached to an aromatic ring is 1. The Morgan fingerprint density at radius 2 is 2.00 bits per heavy atom. The molecule has 8 nitrogen and oxygen atoms in total. The Hall–Kier alpha value is -3.48. The van der Waals surface area contributed by atoms with Crippen molar-refractivity contribution in [3.63, 3.8) is 0 Å². The van der Waals surface area contributed by atoms with E-state index in [2.05, 4.69) is 25.9 Å². The van der Waals surface area contributed by atoms with Crippen molar-refractivity contribution >= 4 is 39.7 Å². The fourth-order valence-electron chi connectivity index (χ4n) is 3.51. The SMILES string of the molecule is Cc1ccc(C(=O)Nc2cc(CNC(C)C)c(Cl)c(C(F)(F)F)c2)cc1-n1cc(-c2cnc(N)s2)nn1. The number of nitrogens with two attached hydrogens (primary N) is 1. The molecule has 0 saturated heterocycles. The van der Waals surface area contributed by atoms with Crippen LogP contribution in [0, 0.1) is 6.92 Å². The van der Waals surface area contributed by atoms with Crippen molar-refractivity contribution in [2.75, 3.05) is 11.1 Å². The van der Waals surface area contributed by atoms with Crippen LogP contribution in [0.15, 0.2) is 42.7 Å². The summed E-state index contributed by atoms with van der Waals surface area (Å²) in [5.74, 6) is -0.588. The maximum absolute atomic E-state index is 13.6. The summed E-state index contributed by atoms with van der Waals surface area (Å²) in [6.45, 7) is 5.68. The van der Waals surface area contributed by atoms with E-state index in [1.165, 1.54) is 22.1 Å². The monoisotopic (exact) mass is 549 g/mol. The lowest BCUT2D eigenvalue weighted by Crippen LogP contribution is -2.23. The number of amides is 1. The lowest BCUT2D eigenvalue weighted by atomic mass is 10.1. The summed E-state index contributed by atoms with van der Waals surface area (Å²) in [6.07, 6.45) is -1.41.